The molecule has 1 unspecified atom stereocenters. The van der Waals surface area contributed by atoms with Gasteiger partial charge < -0.3 is 20.4 Å². The number of rotatable bonds is 9. The fourth-order valence-corrected chi connectivity index (χ4v) is 3.77. The number of piperidine rings is 1. The third kappa shape index (κ3) is 8.42. The van der Waals surface area contributed by atoms with Crippen LogP contribution < -0.4 is 16.0 Å². The number of benzene rings is 1. The van der Waals surface area contributed by atoms with Crippen LogP contribution in [-0.2, 0) is 11.2 Å². The summed E-state index contributed by atoms with van der Waals surface area (Å²) in [5.41, 5.74) is 0.783. The molecule has 2 heterocycles. The number of aliphatic imine (C=N–C) groups is 1. The van der Waals surface area contributed by atoms with Crippen molar-refractivity contribution in [2.75, 3.05) is 39.8 Å². The van der Waals surface area contributed by atoms with Gasteiger partial charge in [0.25, 0.3) is 0 Å². The first-order valence-electron chi connectivity index (χ1n) is 10.9. The highest BCUT2D eigenvalue weighted by atomic mass is 127. The number of nitrogens with zero attached hydrogens (tertiary/aromatic N) is 2. The molecule has 0 bridgehead atoms. The van der Waals surface area contributed by atoms with E-state index in [1.165, 1.54) is 31.4 Å². The van der Waals surface area contributed by atoms with Crippen molar-refractivity contribution in [2.45, 2.75) is 31.7 Å². The molecule has 0 saturated carbocycles. The van der Waals surface area contributed by atoms with Crippen molar-refractivity contribution in [3.63, 3.8) is 0 Å². The highest BCUT2D eigenvalue weighted by molar-refractivity contribution is 14.0. The third-order valence-electron chi connectivity index (χ3n) is 5.41. The number of likely N-dealkylation sites (tertiary alicyclic amines) is 1. The van der Waals surface area contributed by atoms with E-state index >= 15 is 0 Å². The van der Waals surface area contributed by atoms with E-state index in [4.69, 9.17) is 4.42 Å². The van der Waals surface area contributed by atoms with Gasteiger partial charge in [-0.25, -0.2) is 4.39 Å². The molecule has 1 fully saturated rings. The Kier molecular flexibility index (Phi) is 11.5. The van der Waals surface area contributed by atoms with Gasteiger partial charge in [0.1, 0.15) is 11.6 Å². The van der Waals surface area contributed by atoms with Gasteiger partial charge in [-0.05, 0) is 55.8 Å². The summed E-state index contributed by atoms with van der Waals surface area (Å²) in [5, 5.41) is 9.47. The number of carbonyl (C=O) groups excluding carboxylic acids is 1. The summed E-state index contributed by atoms with van der Waals surface area (Å²) in [6.45, 7) is 3.83. The Balaban J connectivity index is 0.00000363. The maximum atomic E-state index is 12.9. The van der Waals surface area contributed by atoms with Crippen molar-refractivity contribution in [3.05, 3.63) is 59.8 Å². The molecule has 0 radical (unpaired) electrons. The maximum absolute atomic E-state index is 12.9. The molecular formula is C23H33FIN5O2. The van der Waals surface area contributed by atoms with Crippen LogP contribution in [0.15, 0.2) is 52.1 Å². The summed E-state index contributed by atoms with van der Waals surface area (Å²) in [5.74, 6) is 1.24. The lowest BCUT2D eigenvalue weighted by Gasteiger charge is -2.33. The SMILES string of the molecule is CN=C(NCCNC(=O)Cc1ccc(F)cc1)NCC(c1ccco1)N1CCCCC1.I. The van der Waals surface area contributed by atoms with Gasteiger partial charge in [-0.1, -0.05) is 18.6 Å². The van der Waals surface area contributed by atoms with Crippen molar-refractivity contribution in [2.24, 2.45) is 4.99 Å². The first kappa shape index (κ1) is 26.1. The monoisotopic (exact) mass is 557 g/mol. The van der Waals surface area contributed by atoms with E-state index in [0.717, 1.165) is 24.4 Å². The van der Waals surface area contributed by atoms with Crippen LogP contribution in [0.2, 0.25) is 0 Å². The van der Waals surface area contributed by atoms with E-state index in [2.05, 4.69) is 25.8 Å². The average Bonchev–Trinajstić information content (AvgIpc) is 3.32. The Bertz CT molecular complexity index is 823. The minimum Gasteiger partial charge on any atom is -0.468 e. The van der Waals surface area contributed by atoms with Gasteiger partial charge in [-0.3, -0.25) is 14.7 Å². The average molecular weight is 557 g/mol. The summed E-state index contributed by atoms with van der Waals surface area (Å²) in [6.07, 6.45) is 5.65. The largest absolute Gasteiger partial charge is 0.468 e. The number of carbonyl (C=O) groups is 1. The van der Waals surface area contributed by atoms with Gasteiger partial charge in [-0.15, -0.1) is 24.0 Å². The Hall–Kier alpha value is -2.14. The van der Waals surface area contributed by atoms with Crippen LogP contribution in [0.5, 0.6) is 0 Å². The van der Waals surface area contributed by atoms with Gasteiger partial charge in [0.2, 0.25) is 5.91 Å². The molecule has 2 aromatic rings. The lowest BCUT2D eigenvalue weighted by molar-refractivity contribution is -0.120. The predicted molar refractivity (Wildman–Crippen MR) is 135 cm³/mol. The van der Waals surface area contributed by atoms with Crippen LogP contribution >= 0.6 is 24.0 Å². The fourth-order valence-electron chi connectivity index (χ4n) is 3.77. The Morgan fingerprint density at radius 1 is 1.09 bits per heavy atom. The smallest absolute Gasteiger partial charge is 0.224 e. The molecule has 1 saturated heterocycles. The third-order valence-corrected chi connectivity index (χ3v) is 5.41. The molecule has 32 heavy (non-hydrogen) atoms. The van der Waals surface area contributed by atoms with E-state index in [-0.39, 0.29) is 48.2 Å². The molecule has 9 heteroatoms. The molecule has 1 amide bonds. The lowest BCUT2D eigenvalue weighted by Crippen LogP contribution is -2.46. The lowest BCUT2D eigenvalue weighted by atomic mass is 10.1. The first-order valence-corrected chi connectivity index (χ1v) is 10.9. The molecule has 1 aliphatic heterocycles. The summed E-state index contributed by atoms with van der Waals surface area (Å²) < 4.78 is 18.6. The standard InChI is InChI=1S/C23H32FN5O2.HI/c1-25-23(27-12-11-26-22(30)16-18-7-9-19(24)10-8-18)28-17-20(21-6-5-15-31-21)29-13-3-2-4-14-29;/h5-10,15,20H,2-4,11-14,16-17H2,1H3,(H,26,30)(H2,25,27,28);1H. The second-order valence-electron chi connectivity index (χ2n) is 7.66. The summed E-state index contributed by atoms with van der Waals surface area (Å²) in [6, 6.07) is 10.1. The van der Waals surface area contributed by atoms with Crippen molar-refractivity contribution >= 4 is 35.8 Å². The number of furan rings is 1. The van der Waals surface area contributed by atoms with E-state index in [9.17, 15) is 9.18 Å². The molecule has 1 aliphatic rings. The summed E-state index contributed by atoms with van der Waals surface area (Å²) in [4.78, 5) is 18.8. The van der Waals surface area contributed by atoms with Gasteiger partial charge >= 0.3 is 0 Å². The maximum Gasteiger partial charge on any atom is 0.224 e. The molecule has 176 valence electrons. The molecule has 0 aliphatic carbocycles. The van der Waals surface area contributed by atoms with E-state index in [1.807, 2.05) is 12.1 Å². The van der Waals surface area contributed by atoms with Gasteiger partial charge in [-0.2, -0.15) is 0 Å². The highest BCUT2D eigenvalue weighted by Gasteiger charge is 2.24. The second-order valence-corrected chi connectivity index (χ2v) is 7.66. The number of hydrogen-bond acceptors (Lipinski definition) is 4. The van der Waals surface area contributed by atoms with E-state index in [0.29, 0.717) is 25.6 Å². The van der Waals surface area contributed by atoms with Gasteiger partial charge in [0, 0.05) is 26.7 Å². The fraction of sp³-hybridized carbons (Fsp3) is 0.478. The predicted octanol–water partition coefficient (Wildman–Crippen LogP) is 3.09. The summed E-state index contributed by atoms with van der Waals surface area (Å²) >= 11 is 0. The molecule has 1 aromatic carbocycles. The van der Waals surface area contributed by atoms with Crippen LogP contribution in [0.25, 0.3) is 0 Å². The van der Waals surface area contributed by atoms with Gasteiger partial charge in [0.05, 0.1) is 18.7 Å². The van der Waals surface area contributed by atoms with E-state index < -0.39 is 0 Å². The number of nitrogens with one attached hydrogen (secondary N) is 3. The topological polar surface area (TPSA) is 81.9 Å². The van der Waals surface area contributed by atoms with Crippen LogP contribution in [0, 0.1) is 5.82 Å². The first-order chi connectivity index (χ1) is 15.2. The van der Waals surface area contributed by atoms with Crippen LogP contribution in [-0.4, -0.2) is 56.5 Å². The van der Waals surface area contributed by atoms with Crippen molar-refractivity contribution in [1.29, 1.82) is 0 Å². The molecule has 1 aromatic heterocycles. The molecular weight excluding hydrogens is 524 g/mol. The van der Waals surface area contributed by atoms with Crippen molar-refractivity contribution in [3.8, 4) is 0 Å². The number of guanidine groups is 1. The number of hydrogen-bond donors (Lipinski definition) is 3. The normalized spacial score (nSPS) is 15.5. The second kappa shape index (κ2) is 14.1. The van der Waals surface area contributed by atoms with Crippen LogP contribution in [0.4, 0.5) is 4.39 Å². The zero-order chi connectivity index (χ0) is 21.9. The summed E-state index contributed by atoms with van der Waals surface area (Å²) in [7, 11) is 1.73. The number of amides is 1. The molecule has 1 atom stereocenters. The molecule has 0 spiro atoms. The van der Waals surface area contributed by atoms with E-state index in [1.54, 1.807) is 25.4 Å². The molecule has 3 N–H and O–H groups in total. The van der Waals surface area contributed by atoms with Crippen molar-refractivity contribution < 1.29 is 13.6 Å². The van der Waals surface area contributed by atoms with Crippen molar-refractivity contribution in [1.82, 2.24) is 20.9 Å². The van der Waals surface area contributed by atoms with Crippen LogP contribution in [0.3, 0.4) is 0 Å². The highest BCUT2D eigenvalue weighted by Crippen LogP contribution is 2.24. The van der Waals surface area contributed by atoms with Gasteiger partial charge in [0.15, 0.2) is 5.96 Å². The Morgan fingerprint density at radius 3 is 2.47 bits per heavy atom. The number of halogens is 2. The Morgan fingerprint density at radius 2 is 1.81 bits per heavy atom. The van der Waals surface area contributed by atoms with Crippen LogP contribution in [0.1, 0.15) is 36.6 Å². The Labute approximate surface area is 206 Å². The molecule has 3 rings (SSSR count). The zero-order valence-corrected chi connectivity index (χ0v) is 20.8. The quantitative estimate of drug-likeness (QED) is 0.191. The zero-order valence-electron chi connectivity index (χ0n) is 18.5. The molecule has 7 nitrogen and oxygen atoms in total. The minimum absolute atomic E-state index is 0. The minimum atomic E-state index is -0.304.